The van der Waals surface area contributed by atoms with E-state index < -0.39 is 24.9 Å². The van der Waals surface area contributed by atoms with Crippen molar-refractivity contribution in [1.82, 2.24) is 4.98 Å². The van der Waals surface area contributed by atoms with E-state index in [1.807, 2.05) is 0 Å². The number of pyridine rings is 1. The molecule has 0 fully saturated rings. The van der Waals surface area contributed by atoms with Crippen LogP contribution in [0.1, 0.15) is 12.1 Å². The number of anilines is 1. The largest absolute Gasteiger partial charge is 0.482 e. The van der Waals surface area contributed by atoms with Gasteiger partial charge in [0.2, 0.25) is 0 Å². The van der Waals surface area contributed by atoms with Crippen LogP contribution in [-0.4, -0.2) is 17.8 Å². The number of para-hydroxylation sites is 1. The van der Waals surface area contributed by atoms with Crippen LogP contribution in [0.5, 0.6) is 5.75 Å². The Morgan fingerprint density at radius 3 is 2.57 bits per heavy atom. The lowest BCUT2D eigenvalue weighted by Gasteiger charge is -2.13. The molecule has 0 aliphatic rings. The van der Waals surface area contributed by atoms with Crippen molar-refractivity contribution in [2.45, 2.75) is 12.6 Å². The molecule has 1 aromatic heterocycles. The molecule has 0 radical (unpaired) electrons. The average Bonchev–Trinajstić information content (AvgIpc) is 2.42. The Labute approximate surface area is 115 Å². The summed E-state index contributed by atoms with van der Waals surface area (Å²) < 4.78 is 66.7. The first-order valence-electron chi connectivity index (χ1n) is 5.70. The molecule has 0 atom stereocenters. The fourth-order valence-electron chi connectivity index (χ4n) is 1.75. The van der Waals surface area contributed by atoms with E-state index in [1.54, 1.807) is 0 Å². The number of ether oxygens (including phenoxy) is 1. The number of alkyl halides is 5. The topological polar surface area (TPSA) is 60.2 Å². The first-order chi connectivity index (χ1) is 9.81. The highest BCUT2D eigenvalue weighted by Crippen LogP contribution is 2.33. The maximum atomic E-state index is 12.8. The second-order valence-corrected chi connectivity index (χ2v) is 4.10. The number of hydrogen-bond donors (Lipinski definition) is 2. The molecular formula is C12H10F5N3O. The van der Waals surface area contributed by atoms with E-state index in [0.29, 0.717) is 0 Å². The summed E-state index contributed by atoms with van der Waals surface area (Å²) in [4.78, 5) is 3.65. The Balaban J connectivity index is 2.53. The molecule has 2 aromatic rings. The Morgan fingerprint density at radius 1 is 1.29 bits per heavy atom. The third-order valence-electron chi connectivity index (χ3n) is 2.59. The van der Waals surface area contributed by atoms with Gasteiger partial charge in [0, 0.05) is 5.39 Å². The quantitative estimate of drug-likeness (QED) is 0.516. The van der Waals surface area contributed by atoms with Crippen LogP contribution < -0.4 is 16.0 Å². The average molecular weight is 307 g/mol. The summed E-state index contributed by atoms with van der Waals surface area (Å²) in [5.41, 5.74) is 1.60. The van der Waals surface area contributed by atoms with Crippen LogP contribution in [0.15, 0.2) is 24.3 Å². The van der Waals surface area contributed by atoms with Crippen molar-refractivity contribution in [3.63, 3.8) is 0 Å². The van der Waals surface area contributed by atoms with E-state index in [9.17, 15) is 22.0 Å². The molecule has 1 aromatic carbocycles. The highest BCUT2D eigenvalue weighted by molar-refractivity contribution is 5.95. The zero-order valence-electron chi connectivity index (χ0n) is 10.4. The molecule has 0 aliphatic carbocycles. The van der Waals surface area contributed by atoms with Gasteiger partial charge in [-0.2, -0.15) is 13.2 Å². The third-order valence-corrected chi connectivity index (χ3v) is 2.59. The molecule has 21 heavy (non-hydrogen) atoms. The summed E-state index contributed by atoms with van der Waals surface area (Å²) in [6, 6.07) is 5.14. The minimum absolute atomic E-state index is 0.118. The predicted octanol–water partition coefficient (Wildman–Crippen LogP) is 3.40. The molecule has 2 rings (SSSR count). The number of halogens is 5. The van der Waals surface area contributed by atoms with Crippen molar-refractivity contribution < 1.29 is 26.7 Å². The molecule has 114 valence electrons. The molecule has 0 amide bonds. The molecule has 4 nitrogen and oxygen atoms in total. The maximum absolute atomic E-state index is 12.8. The molecular weight excluding hydrogens is 297 g/mol. The van der Waals surface area contributed by atoms with E-state index in [4.69, 9.17) is 5.84 Å². The summed E-state index contributed by atoms with van der Waals surface area (Å²) in [7, 11) is 0. The van der Waals surface area contributed by atoms with Gasteiger partial charge in [0.1, 0.15) is 17.0 Å². The number of nitrogen functional groups attached to an aromatic ring is 1. The predicted molar refractivity (Wildman–Crippen MR) is 66.1 cm³/mol. The van der Waals surface area contributed by atoms with Crippen molar-refractivity contribution >= 4 is 16.6 Å². The number of benzene rings is 1. The van der Waals surface area contributed by atoms with Crippen molar-refractivity contribution in [2.75, 3.05) is 12.0 Å². The SMILES string of the molecule is NNc1cc(C(F)F)nc2c(OCC(F)(F)F)cccc12. The summed E-state index contributed by atoms with van der Waals surface area (Å²) >= 11 is 0. The van der Waals surface area contributed by atoms with Gasteiger partial charge in [-0.1, -0.05) is 12.1 Å². The molecule has 1 heterocycles. The van der Waals surface area contributed by atoms with Crippen LogP contribution in [0, 0.1) is 0 Å². The normalized spacial score (nSPS) is 12.0. The number of nitrogens with one attached hydrogen (secondary N) is 1. The van der Waals surface area contributed by atoms with Gasteiger partial charge in [0.05, 0.1) is 5.69 Å². The summed E-state index contributed by atoms with van der Waals surface area (Å²) in [5.74, 6) is 4.99. The second-order valence-electron chi connectivity index (χ2n) is 4.10. The Bertz CT molecular complexity index is 645. The third kappa shape index (κ3) is 3.48. The molecule has 0 saturated carbocycles. The van der Waals surface area contributed by atoms with Crippen LogP contribution >= 0.6 is 0 Å². The zero-order chi connectivity index (χ0) is 15.6. The molecule has 0 bridgehead atoms. The Morgan fingerprint density at radius 2 is 2.00 bits per heavy atom. The number of hydrazine groups is 1. The standard InChI is InChI=1S/C12H10F5N3O/c13-11(14)8-4-7(20-18)6-2-1-3-9(10(6)19-8)21-5-12(15,16)17/h1-4,11H,5,18H2,(H,19,20). The van der Waals surface area contributed by atoms with Gasteiger partial charge in [-0.05, 0) is 12.1 Å². The van der Waals surface area contributed by atoms with Crippen molar-refractivity contribution in [3.05, 3.63) is 30.0 Å². The Hall–Kier alpha value is -2.16. The number of rotatable bonds is 4. The summed E-state index contributed by atoms with van der Waals surface area (Å²) in [5, 5.41) is 0.279. The van der Waals surface area contributed by atoms with Gasteiger partial charge < -0.3 is 10.2 Å². The first-order valence-corrected chi connectivity index (χ1v) is 5.70. The number of hydrogen-bond acceptors (Lipinski definition) is 4. The lowest BCUT2D eigenvalue weighted by molar-refractivity contribution is -0.153. The van der Waals surface area contributed by atoms with Gasteiger partial charge in [-0.25, -0.2) is 13.8 Å². The molecule has 3 N–H and O–H groups in total. The van der Waals surface area contributed by atoms with E-state index in [-0.39, 0.29) is 22.3 Å². The van der Waals surface area contributed by atoms with Crippen LogP contribution in [-0.2, 0) is 0 Å². The van der Waals surface area contributed by atoms with E-state index >= 15 is 0 Å². The van der Waals surface area contributed by atoms with Crippen LogP contribution in [0.4, 0.5) is 27.6 Å². The van der Waals surface area contributed by atoms with E-state index in [1.165, 1.54) is 18.2 Å². The number of aromatic nitrogens is 1. The minimum atomic E-state index is -4.54. The molecule has 9 heteroatoms. The highest BCUT2D eigenvalue weighted by atomic mass is 19.4. The van der Waals surface area contributed by atoms with Gasteiger partial charge in [0.15, 0.2) is 6.61 Å². The van der Waals surface area contributed by atoms with Gasteiger partial charge in [-0.15, -0.1) is 0 Å². The number of fused-ring (bicyclic) bond motifs is 1. The molecule has 0 aliphatic heterocycles. The lowest BCUT2D eigenvalue weighted by atomic mass is 10.1. The van der Waals surface area contributed by atoms with Crippen molar-refractivity contribution in [2.24, 2.45) is 5.84 Å². The van der Waals surface area contributed by atoms with Crippen molar-refractivity contribution in [3.8, 4) is 5.75 Å². The summed E-state index contributed by atoms with van der Waals surface area (Å²) in [6.45, 7) is -1.54. The van der Waals surface area contributed by atoms with Crippen molar-refractivity contribution in [1.29, 1.82) is 0 Å². The molecule has 0 saturated heterocycles. The number of nitrogens with two attached hydrogens (primary N) is 1. The van der Waals surface area contributed by atoms with Crippen LogP contribution in [0.3, 0.4) is 0 Å². The molecule has 0 unspecified atom stereocenters. The fraction of sp³-hybridized carbons (Fsp3) is 0.250. The lowest BCUT2D eigenvalue weighted by Crippen LogP contribution is -2.19. The smallest absolute Gasteiger partial charge is 0.422 e. The van der Waals surface area contributed by atoms with Gasteiger partial charge >= 0.3 is 6.18 Å². The van der Waals surface area contributed by atoms with Gasteiger partial charge in [0.25, 0.3) is 6.43 Å². The summed E-state index contributed by atoms with van der Waals surface area (Å²) in [6.07, 6.45) is -7.44. The maximum Gasteiger partial charge on any atom is 0.422 e. The van der Waals surface area contributed by atoms with E-state index in [0.717, 1.165) is 6.07 Å². The Kier molecular flexibility index (Phi) is 4.12. The highest BCUT2D eigenvalue weighted by Gasteiger charge is 2.29. The minimum Gasteiger partial charge on any atom is -0.482 e. The number of nitrogens with zero attached hydrogens (tertiary/aromatic N) is 1. The zero-order valence-corrected chi connectivity index (χ0v) is 10.4. The van der Waals surface area contributed by atoms with E-state index in [2.05, 4.69) is 15.1 Å². The van der Waals surface area contributed by atoms with Crippen LogP contribution in [0.2, 0.25) is 0 Å². The fourth-order valence-corrected chi connectivity index (χ4v) is 1.75. The second kappa shape index (κ2) is 5.68. The van der Waals surface area contributed by atoms with Gasteiger partial charge in [-0.3, -0.25) is 5.84 Å². The molecule has 0 spiro atoms. The first kappa shape index (κ1) is 15.2. The monoisotopic (exact) mass is 307 g/mol. The van der Waals surface area contributed by atoms with Crippen LogP contribution in [0.25, 0.3) is 10.9 Å².